The fourth-order valence-electron chi connectivity index (χ4n) is 0.156. The fourth-order valence-corrected chi connectivity index (χ4v) is 0.156. The molecule has 3 heteroatoms. The molecule has 3 nitrogen and oxygen atoms in total. The third kappa shape index (κ3) is 2.03. The largest absolute Gasteiger partial charge is 0.351 e. The van der Waals surface area contributed by atoms with Gasteiger partial charge in [0.2, 0.25) is 0 Å². The standard InChI is InChI=1S/C4H9N2O/c1-3-6(2)4(5)7/h2-3H2,1H3,(H2,5,7). The second-order valence-corrected chi connectivity index (χ2v) is 1.19. The minimum Gasteiger partial charge on any atom is -0.351 e. The predicted octanol–water partition coefficient (Wildman–Crippen LogP) is 0.179. The van der Waals surface area contributed by atoms with Gasteiger partial charge in [-0.2, -0.15) is 0 Å². The maximum Gasteiger partial charge on any atom is 0.314 e. The Balaban J connectivity index is 3.34. The Morgan fingerprint density at radius 2 is 2.43 bits per heavy atom. The van der Waals surface area contributed by atoms with Crippen molar-refractivity contribution in [2.75, 3.05) is 6.54 Å². The maximum absolute atomic E-state index is 10.0. The van der Waals surface area contributed by atoms with Gasteiger partial charge >= 0.3 is 6.03 Å². The van der Waals surface area contributed by atoms with Crippen LogP contribution < -0.4 is 5.73 Å². The van der Waals surface area contributed by atoms with Crippen molar-refractivity contribution >= 4 is 6.03 Å². The molecule has 0 saturated heterocycles. The number of rotatable bonds is 1. The van der Waals surface area contributed by atoms with Gasteiger partial charge in [0.15, 0.2) is 0 Å². The Kier molecular flexibility index (Phi) is 2.19. The van der Waals surface area contributed by atoms with Crippen molar-refractivity contribution in [3.8, 4) is 0 Å². The zero-order chi connectivity index (χ0) is 5.86. The molecular weight excluding hydrogens is 92.1 g/mol. The number of nitrogens with zero attached hydrogens (tertiary/aromatic N) is 1. The van der Waals surface area contributed by atoms with Crippen molar-refractivity contribution in [1.82, 2.24) is 4.90 Å². The van der Waals surface area contributed by atoms with Crippen LogP contribution in [0.4, 0.5) is 4.79 Å². The van der Waals surface area contributed by atoms with Crippen LogP contribution >= 0.6 is 0 Å². The van der Waals surface area contributed by atoms with Crippen molar-refractivity contribution in [1.29, 1.82) is 0 Å². The summed E-state index contributed by atoms with van der Waals surface area (Å²) >= 11 is 0. The summed E-state index contributed by atoms with van der Waals surface area (Å²) in [6, 6.07) is -0.484. The number of hydrogen-bond acceptors (Lipinski definition) is 1. The first-order valence-corrected chi connectivity index (χ1v) is 2.06. The number of primary amides is 1. The number of nitrogens with two attached hydrogens (primary N) is 1. The minimum absolute atomic E-state index is 0.484. The van der Waals surface area contributed by atoms with Gasteiger partial charge in [0, 0.05) is 13.6 Å². The number of carbonyl (C=O) groups excluding carboxylic acids is 1. The lowest BCUT2D eigenvalue weighted by molar-refractivity contribution is 0.225. The SMILES string of the molecule is [CH2]N(CC)C(N)=O. The average Bonchev–Trinajstić information content (AvgIpc) is 1.65. The second-order valence-electron chi connectivity index (χ2n) is 1.19. The molecule has 0 aromatic heterocycles. The summed E-state index contributed by atoms with van der Waals surface area (Å²) < 4.78 is 0. The van der Waals surface area contributed by atoms with Crippen molar-refractivity contribution < 1.29 is 4.79 Å². The number of amides is 2. The van der Waals surface area contributed by atoms with Crippen LogP contribution in [-0.2, 0) is 0 Å². The van der Waals surface area contributed by atoms with Crippen LogP contribution in [0.5, 0.6) is 0 Å². The second kappa shape index (κ2) is 2.44. The summed E-state index contributed by atoms with van der Waals surface area (Å²) in [7, 11) is 3.31. The van der Waals surface area contributed by atoms with E-state index in [4.69, 9.17) is 5.73 Å². The van der Waals surface area contributed by atoms with E-state index < -0.39 is 6.03 Å². The van der Waals surface area contributed by atoms with Gasteiger partial charge in [-0.25, -0.2) is 4.79 Å². The first-order chi connectivity index (χ1) is 3.18. The minimum atomic E-state index is -0.484. The molecule has 41 valence electrons. The summed E-state index contributed by atoms with van der Waals surface area (Å²) in [4.78, 5) is 11.2. The zero-order valence-electron chi connectivity index (χ0n) is 4.35. The molecule has 7 heavy (non-hydrogen) atoms. The monoisotopic (exact) mass is 101 g/mol. The van der Waals surface area contributed by atoms with Crippen LogP contribution in [-0.4, -0.2) is 17.5 Å². The van der Waals surface area contributed by atoms with Gasteiger partial charge < -0.3 is 10.6 Å². The van der Waals surface area contributed by atoms with E-state index >= 15 is 0 Å². The van der Waals surface area contributed by atoms with Gasteiger partial charge in [0.05, 0.1) is 0 Å². The number of carbonyl (C=O) groups is 1. The van der Waals surface area contributed by atoms with Gasteiger partial charge in [0.1, 0.15) is 0 Å². The van der Waals surface area contributed by atoms with Crippen LogP contribution in [0.25, 0.3) is 0 Å². The van der Waals surface area contributed by atoms with Crippen LogP contribution in [0.2, 0.25) is 0 Å². The summed E-state index contributed by atoms with van der Waals surface area (Å²) in [6.45, 7) is 2.37. The Hall–Kier alpha value is -0.730. The summed E-state index contributed by atoms with van der Waals surface area (Å²) in [6.07, 6.45) is 0. The molecule has 0 rings (SSSR count). The third-order valence-electron chi connectivity index (χ3n) is 0.693. The molecule has 0 aliphatic rings. The van der Waals surface area contributed by atoms with Crippen LogP contribution in [0.1, 0.15) is 6.92 Å². The molecule has 0 unspecified atom stereocenters. The van der Waals surface area contributed by atoms with E-state index in [9.17, 15) is 4.79 Å². The molecule has 0 atom stereocenters. The molecule has 0 heterocycles. The highest BCUT2D eigenvalue weighted by atomic mass is 16.2. The molecule has 2 amide bonds. The molecular formula is C4H9N2O. The first kappa shape index (κ1) is 6.27. The zero-order valence-corrected chi connectivity index (χ0v) is 4.35. The summed E-state index contributed by atoms with van der Waals surface area (Å²) in [5.74, 6) is 0. The average molecular weight is 101 g/mol. The van der Waals surface area contributed by atoms with Gasteiger partial charge in [-0.3, -0.25) is 0 Å². The lowest BCUT2D eigenvalue weighted by atomic mass is 10.6. The molecule has 0 aromatic rings. The van der Waals surface area contributed by atoms with Crippen molar-refractivity contribution in [2.24, 2.45) is 5.73 Å². The fraction of sp³-hybridized carbons (Fsp3) is 0.500. The Bertz CT molecular complexity index is 72.1. The van der Waals surface area contributed by atoms with Crippen molar-refractivity contribution in [2.45, 2.75) is 6.92 Å². The highest BCUT2D eigenvalue weighted by Gasteiger charge is 1.95. The first-order valence-electron chi connectivity index (χ1n) is 2.06. The van der Waals surface area contributed by atoms with Gasteiger partial charge in [-0.15, -0.1) is 0 Å². The Labute approximate surface area is 43.1 Å². The smallest absolute Gasteiger partial charge is 0.314 e. The van der Waals surface area contributed by atoms with Gasteiger partial charge in [-0.05, 0) is 6.92 Å². The van der Waals surface area contributed by atoms with E-state index in [1.165, 1.54) is 4.90 Å². The van der Waals surface area contributed by atoms with Crippen LogP contribution in [0.3, 0.4) is 0 Å². The molecule has 1 radical (unpaired) electrons. The van der Waals surface area contributed by atoms with E-state index in [0.717, 1.165) is 0 Å². The molecule has 0 saturated carbocycles. The molecule has 0 aliphatic carbocycles. The van der Waals surface area contributed by atoms with Crippen molar-refractivity contribution in [3.63, 3.8) is 0 Å². The Morgan fingerprint density at radius 3 is 2.43 bits per heavy atom. The third-order valence-corrected chi connectivity index (χ3v) is 0.693. The number of urea groups is 1. The van der Waals surface area contributed by atoms with Crippen molar-refractivity contribution in [3.05, 3.63) is 7.05 Å². The summed E-state index contributed by atoms with van der Waals surface area (Å²) in [5.41, 5.74) is 4.77. The lowest BCUT2D eigenvalue weighted by Gasteiger charge is -2.07. The normalized spacial score (nSPS) is 8.29. The van der Waals surface area contributed by atoms with E-state index in [-0.39, 0.29) is 0 Å². The molecule has 0 bridgehead atoms. The van der Waals surface area contributed by atoms with E-state index in [0.29, 0.717) is 6.54 Å². The highest BCUT2D eigenvalue weighted by Crippen LogP contribution is 1.78. The highest BCUT2D eigenvalue weighted by molar-refractivity contribution is 5.71. The quantitative estimate of drug-likeness (QED) is 0.503. The molecule has 0 aromatic carbocycles. The van der Waals surface area contributed by atoms with Crippen LogP contribution in [0, 0.1) is 7.05 Å². The topological polar surface area (TPSA) is 46.3 Å². The molecule has 0 fully saturated rings. The van der Waals surface area contributed by atoms with Crippen LogP contribution in [0.15, 0.2) is 0 Å². The van der Waals surface area contributed by atoms with Gasteiger partial charge in [0.25, 0.3) is 0 Å². The number of hydrogen-bond donors (Lipinski definition) is 1. The Morgan fingerprint density at radius 1 is 2.00 bits per heavy atom. The molecule has 2 N–H and O–H groups in total. The van der Waals surface area contributed by atoms with E-state index in [1.54, 1.807) is 6.92 Å². The van der Waals surface area contributed by atoms with E-state index in [2.05, 4.69) is 7.05 Å². The molecule has 0 aliphatic heterocycles. The predicted molar refractivity (Wildman–Crippen MR) is 27.3 cm³/mol. The maximum atomic E-state index is 10.0. The molecule has 0 spiro atoms. The van der Waals surface area contributed by atoms with Gasteiger partial charge in [-0.1, -0.05) is 0 Å². The lowest BCUT2D eigenvalue weighted by Crippen LogP contribution is -2.29. The van der Waals surface area contributed by atoms with E-state index in [1.807, 2.05) is 0 Å². The summed E-state index contributed by atoms with van der Waals surface area (Å²) in [5, 5.41) is 0.